The first-order chi connectivity index (χ1) is 6.17. The molecule has 0 bridgehead atoms. The Hall–Kier alpha value is -1.03. The fraction of sp³-hybridized carbons (Fsp3) is 0.333. The molecular weight excluding hydrogens is 187 g/mol. The van der Waals surface area contributed by atoms with Crippen LogP contribution >= 0.6 is 12.2 Å². The van der Waals surface area contributed by atoms with Crippen LogP contribution in [-0.4, -0.2) is 9.97 Å². The second kappa shape index (κ2) is 2.73. The van der Waals surface area contributed by atoms with Crippen molar-refractivity contribution in [2.45, 2.75) is 18.3 Å². The van der Waals surface area contributed by atoms with Crippen LogP contribution in [0.1, 0.15) is 18.4 Å². The molecule has 4 heteroatoms. The topological polar surface area (TPSA) is 38.9 Å². The normalized spacial score (nSPS) is 18.2. The molecule has 2 rings (SSSR count). The summed E-state index contributed by atoms with van der Waals surface area (Å²) in [5.74, 6) is -0.264. The lowest BCUT2D eigenvalue weighted by atomic mass is 9.97. The summed E-state index contributed by atoms with van der Waals surface area (Å²) in [6.07, 6.45) is 4.62. The highest BCUT2D eigenvalue weighted by Gasteiger charge is 2.49. The summed E-state index contributed by atoms with van der Waals surface area (Å²) in [6.45, 7) is 0. The van der Waals surface area contributed by atoms with E-state index in [1.165, 1.54) is 18.5 Å². The Labute approximate surface area is 81.0 Å². The molecule has 13 heavy (non-hydrogen) atoms. The van der Waals surface area contributed by atoms with Gasteiger partial charge in [-0.15, -0.1) is 0 Å². The fourth-order valence-electron chi connectivity index (χ4n) is 1.50. The van der Waals surface area contributed by atoms with Gasteiger partial charge in [-0.1, -0.05) is 12.2 Å². The average molecular weight is 196 g/mol. The third-order valence-corrected chi connectivity index (χ3v) is 2.90. The van der Waals surface area contributed by atoms with E-state index in [1.54, 1.807) is 0 Å². The molecule has 0 radical (unpaired) electrons. The van der Waals surface area contributed by atoms with Gasteiger partial charge in [0.15, 0.2) is 0 Å². The summed E-state index contributed by atoms with van der Waals surface area (Å²) < 4.78 is 13.3. The molecule has 1 aliphatic carbocycles. The summed E-state index contributed by atoms with van der Waals surface area (Å²) >= 11 is 4.92. The van der Waals surface area contributed by atoms with E-state index in [4.69, 9.17) is 18.0 Å². The molecule has 1 heterocycles. The predicted molar refractivity (Wildman–Crippen MR) is 51.9 cm³/mol. The zero-order chi connectivity index (χ0) is 9.47. The summed E-state index contributed by atoms with van der Waals surface area (Å²) in [5, 5.41) is 0. The zero-order valence-corrected chi connectivity index (χ0v) is 7.77. The van der Waals surface area contributed by atoms with Crippen molar-refractivity contribution in [3.05, 3.63) is 29.8 Å². The van der Waals surface area contributed by atoms with Gasteiger partial charge in [0.05, 0.1) is 4.99 Å². The molecule has 1 aromatic rings. The second-order valence-electron chi connectivity index (χ2n) is 3.30. The van der Waals surface area contributed by atoms with Crippen LogP contribution in [0.5, 0.6) is 0 Å². The molecule has 0 aliphatic heterocycles. The van der Waals surface area contributed by atoms with Crippen LogP contribution in [0.15, 0.2) is 18.5 Å². The highest BCUT2D eigenvalue weighted by atomic mass is 32.1. The summed E-state index contributed by atoms with van der Waals surface area (Å²) in [7, 11) is 0. The van der Waals surface area contributed by atoms with E-state index in [1.807, 2.05) is 0 Å². The standard InChI is InChI=1S/C9H9FN2S/c10-7-1-4-12-5-6(7)9(2-3-9)8(11)13/h1,4-5H,2-3H2,(H2,11,13). The Bertz CT molecular complexity index is 360. The van der Waals surface area contributed by atoms with Gasteiger partial charge < -0.3 is 5.73 Å². The molecule has 2 N–H and O–H groups in total. The molecule has 68 valence electrons. The van der Waals surface area contributed by atoms with Crippen molar-refractivity contribution in [2.24, 2.45) is 5.73 Å². The van der Waals surface area contributed by atoms with Crippen molar-refractivity contribution >= 4 is 17.2 Å². The minimum Gasteiger partial charge on any atom is -0.393 e. The number of halogens is 1. The Balaban J connectivity index is 2.47. The lowest BCUT2D eigenvalue weighted by molar-refractivity contribution is 0.599. The molecule has 0 saturated heterocycles. The zero-order valence-electron chi connectivity index (χ0n) is 6.96. The fourth-order valence-corrected chi connectivity index (χ4v) is 1.82. The van der Waals surface area contributed by atoms with E-state index >= 15 is 0 Å². The predicted octanol–water partition coefficient (Wildman–Crippen LogP) is 1.54. The van der Waals surface area contributed by atoms with Crippen LogP contribution < -0.4 is 5.73 Å². The molecule has 0 unspecified atom stereocenters. The molecule has 2 nitrogen and oxygen atoms in total. The van der Waals surface area contributed by atoms with Gasteiger partial charge in [-0.25, -0.2) is 4.39 Å². The third-order valence-electron chi connectivity index (χ3n) is 2.51. The van der Waals surface area contributed by atoms with E-state index in [0.717, 1.165) is 12.8 Å². The van der Waals surface area contributed by atoms with Gasteiger partial charge in [0.1, 0.15) is 5.82 Å². The number of aromatic nitrogens is 1. The second-order valence-corrected chi connectivity index (χ2v) is 3.74. The average Bonchev–Trinajstić information content (AvgIpc) is 2.85. The summed E-state index contributed by atoms with van der Waals surface area (Å²) in [5.41, 5.74) is 5.72. The van der Waals surface area contributed by atoms with Gasteiger partial charge in [0.25, 0.3) is 0 Å². The number of thiocarbonyl (C=S) groups is 1. The summed E-state index contributed by atoms with van der Waals surface area (Å²) in [6, 6.07) is 1.34. The Morgan fingerprint density at radius 3 is 2.77 bits per heavy atom. The van der Waals surface area contributed by atoms with Gasteiger partial charge in [-0.2, -0.15) is 0 Å². The van der Waals surface area contributed by atoms with Crippen molar-refractivity contribution in [3.8, 4) is 0 Å². The quantitative estimate of drug-likeness (QED) is 0.729. The number of hydrogen-bond donors (Lipinski definition) is 1. The molecule has 1 aliphatic rings. The van der Waals surface area contributed by atoms with Crippen molar-refractivity contribution in [1.29, 1.82) is 0 Å². The number of nitrogens with zero attached hydrogens (tertiary/aromatic N) is 1. The van der Waals surface area contributed by atoms with Gasteiger partial charge in [-0.05, 0) is 18.9 Å². The maximum absolute atomic E-state index is 13.3. The minimum atomic E-state index is -0.395. The first-order valence-electron chi connectivity index (χ1n) is 4.07. The van der Waals surface area contributed by atoms with Crippen LogP contribution in [0.4, 0.5) is 4.39 Å². The minimum absolute atomic E-state index is 0.264. The van der Waals surface area contributed by atoms with Gasteiger partial charge in [-0.3, -0.25) is 4.98 Å². The Morgan fingerprint density at radius 1 is 1.62 bits per heavy atom. The van der Waals surface area contributed by atoms with Crippen molar-refractivity contribution in [2.75, 3.05) is 0 Å². The van der Waals surface area contributed by atoms with Crippen molar-refractivity contribution in [3.63, 3.8) is 0 Å². The molecule has 0 spiro atoms. The highest BCUT2D eigenvalue weighted by Crippen LogP contribution is 2.48. The van der Waals surface area contributed by atoms with E-state index < -0.39 is 5.41 Å². The number of pyridine rings is 1. The number of hydrogen-bond acceptors (Lipinski definition) is 2. The van der Waals surface area contributed by atoms with Crippen molar-refractivity contribution < 1.29 is 4.39 Å². The molecule has 0 atom stereocenters. The summed E-state index contributed by atoms with van der Waals surface area (Å²) in [4.78, 5) is 4.25. The number of nitrogens with two attached hydrogens (primary N) is 1. The molecule has 0 amide bonds. The SMILES string of the molecule is NC(=S)C1(c2cnccc2F)CC1. The first-order valence-corrected chi connectivity index (χ1v) is 4.47. The molecule has 0 aromatic carbocycles. The van der Waals surface area contributed by atoms with Gasteiger partial charge in [0, 0.05) is 23.4 Å². The van der Waals surface area contributed by atoms with Gasteiger partial charge >= 0.3 is 0 Å². The smallest absolute Gasteiger partial charge is 0.130 e. The van der Waals surface area contributed by atoms with E-state index in [0.29, 0.717) is 10.6 Å². The Morgan fingerprint density at radius 2 is 2.31 bits per heavy atom. The van der Waals surface area contributed by atoms with E-state index in [-0.39, 0.29) is 5.82 Å². The molecule has 1 saturated carbocycles. The Kier molecular flexibility index (Phi) is 1.80. The van der Waals surface area contributed by atoms with Crippen LogP contribution in [-0.2, 0) is 5.41 Å². The van der Waals surface area contributed by atoms with Crippen LogP contribution in [0.2, 0.25) is 0 Å². The monoisotopic (exact) mass is 196 g/mol. The van der Waals surface area contributed by atoms with Crippen LogP contribution in [0.25, 0.3) is 0 Å². The molecular formula is C9H9FN2S. The maximum atomic E-state index is 13.3. The lowest BCUT2D eigenvalue weighted by Crippen LogP contribution is -2.27. The van der Waals surface area contributed by atoms with E-state index in [2.05, 4.69) is 4.98 Å². The highest BCUT2D eigenvalue weighted by molar-refractivity contribution is 7.80. The number of rotatable bonds is 2. The third kappa shape index (κ3) is 1.21. The van der Waals surface area contributed by atoms with Gasteiger partial charge in [0.2, 0.25) is 0 Å². The van der Waals surface area contributed by atoms with E-state index in [9.17, 15) is 4.39 Å². The van der Waals surface area contributed by atoms with Crippen LogP contribution in [0.3, 0.4) is 0 Å². The lowest BCUT2D eigenvalue weighted by Gasteiger charge is -2.13. The van der Waals surface area contributed by atoms with Crippen molar-refractivity contribution in [1.82, 2.24) is 4.98 Å². The van der Waals surface area contributed by atoms with Crippen LogP contribution in [0, 0.1) is 5.82 Å². The maximum Gasteiger partial charge on any atom is 0.130 e. The molecule has 1 aromatic heterocycles. The largest absolute Gasteiger partial charge is 0.393 e. The molecule has 1 fully saturated rings. The first kappa shape index (κ1) is 8.56.